The summed E-state index contributed by atoms with van der Waals surface area (Å²) >= 11 is 1.32. The monoisotopic (exact) mass is 293 g/mol. The van der Waals surface area contributed by atoms with Crippen molar-refractivity contribution in [2.45, 2.75) is 20.3 Å². The van der Waals surface area contributed by atoms with Crippen LogP contribution in [-0.2, 0) is 6.42 Å². The summed E-state index contributed by atoms with van der Waals surface area (Å²) in [5.74, 6) is 0.556. The number of oxime groups is 1. The van der Waals surface area contributed by atoms with Gasteiger partial charge in [-0.1, -0.05) is 12.1 Å². The van der Waals surface area contributed by atoms with Crippen LogP contribution < -0.4 is 10.5 Å². The topological polar surface area (TPSA) is 107 Å². The smallest absolute Gasteiger partial charge is 0.216 e. The van der Waals surface area contributed by atoms with Gasteiger partial charge in [-0.2, -0.15) is 0 Å². The second kappa shape index (κ2) is 6.29. The number of hydrogen-bond acceptors (Lipinski definition) is 7. The second-order valence-electron chi connectivity index (χ2n) is 3.81. The maximum atomic E-state index is 8.80. The molecule has 0 aliphatic carbocycles. The molecular weight excluding hydrogens is 278 g/mol. The van der Waals surface area contributed by atoms with Crippen LogP contribution in [0.25, 0.3) is 10.7 Å². The zero-order chi connectivity index (χ0) is 14.5. The van der Waals surface area contributed by atoms with E-state index in [-0.39, 0.29) is 5.84 Å². The molecule has 0 radical (unpaired) electrons. The summed E-state index contributed by atoms with van der Waals surface area (Å²) in [5, 5.41) is 12.5. The lowest BCUT2D eigenvalue weighted by atomic mass is 10.3. The molecule has 2 aromatic rings. The number of ether oxygens (including phenoxy) is 1. The average molecular weight is 293 g/mol. The molecule has 0 fully saturated rings. The van der Waals surface area contributed by atoms with Gasteiger partial charge in [0.1, 0.15) is 17.0 Å². The second-order valence-corrected chi connectivity index (χ2v) is 4.81. The molecule has 2 aromatic heterocycles. The molecule has 8 heteroatoms. The fourth-order valence-electron chi connectivity index (χ4n) is 1.63. The predicted molar refractivity (Wildman–Crippen MR) is 76.2 cm³/mol. The fourth-order valence-corrected chi connectivity index (χ4v) is 2.65. The molecule has 0 aliphatic heterocycles. The van der Waals surface area contributed by atoms with E-state index in [1.807, 2.05) is 13.8 Å². The van der Waals surface area contributed by atoms with E-state index in [0.29, 0.717) is 34.5 Å². The normalized spacial score (nSPS) is 11.6. The zero-order valence-corrected chi connectivity index (χ0v) is 12.0. The van der Waals surface area contributed by atoms with Gasteiger partial charge in [-0.25, -0.2) is 15.0 Å². The van der Waals surface area contributed by atoms with Crippen LogP contribution in [0, 0.1) is 0 Å². The molecule has 0 aliphatic rings. The van der Waals surface area contributed by atoms with Crippen LogP contribution in [0.2, 0.25) is 0 Å². The Kier molecular flexibility index (Phi) is 4.46. The van der Waals surface area contributed by atoms with Gasteiger partial charge in [0.15, 0.2) is 5.84 Å². The van der Waals surface area contributed by atoms with Crippen molar-refractivity contribution in [3.63, 3.8) is 0 Å². The lowest BCUT2D eigenvalue weighted by Gasteiger charge is -2.01. The maximum absolute atomic E-state index is 8.80. The summed E-state index contributed by atoms with van der Waals surface area (Å²) in [7, 11) is 0. The number of nitrogens with two attached hydrogens (primary N) is 1. The average Bonchev–Trinajstić information content (AvgIpc) is 2.91. The van der Waals surface area contributed by atoms with Crippen molar-refractivity contribution in [3.05, 3.63) is 23.0 Å². The van der Waals surface area contributed by atoms with E-state index < -0.39 is 0 Å². The number of aromatic nitrogens is 3. The van der Waals surface area contributed by atoms with Gasteiger partial charge in [0, 0.05) is 6.07 Å². The van der Waals surface area contributed by atoms with Crippen molar-refractivity contribution in [2.75, 3.05) is 6.61 Å². The molecule has 0 saturated heterocycles. The number of thiazole rings is 1. The third-order valence-electron chi connectivity index (χ3n) is 2.53. The lowest BCUT2D eigenvalue weighted by Crippen LogP contribution is -2.13. The molecule has 7 nitrogen and oxygen atoms in total. The molecule has 0 spiro atoms. The van der Waals surface area contributed by atoms with Crippen molar-refractivity contribution in [3.8, 4) is 16.6 Å². The number of aryl methyl sites for hydroxylation is 1. The van der Waals surface area contributed by atoms with E-state index in [9.17, 15) is 0 Å². The molecule has 0 aromatic carbocycles. The van der Waals surface area contributed by atoms with Crippen LogP contribution in [0.1, 0.15) is 24.4 Å². The Bertz CT molecular complexity index is 626. The van der Waals surface area contributed by atoms with Gasteiger partial charge < -0.3 is 15.7 Å². The largest absolute Gasteiger partial charge is 0.478 e. The molecule has 0 bridgehead atoms. The van der Waals surface area contributed by atoms with Crippen LogP contribution in [0.5, 0.6) is 5.88 Å². The van der Waals surface area contributed by atoms with Crippen molar-refractivity contribution in [1.29, 1.82) is 0 Å². The Labute approximate surface area is 120 Å². The Hall–Kier alpha value is -2.22. The third-order valence-corrected chi connectivity index (χ3v) is 3.67. The summed E-state index contributed by atoms with van der Waals surface area (Å²) in [5.41, 5.74) is 7.08. The van der Waals surface area contributed by atoms with Gasteiger partial charge in [0.05, 0.1) is 17.2 Å². The first-order valence-electron chi connectivity index (χ1n) is 6.12. The van der Waals surface area contributed by atoms with E-state index in [2.05, 4.69) is 20.1 Å². The molecule has 20 heavy (non-hydrogen) atoms. The van der Waals surface area contributed by atoms with Crippen LogP contribution >= 0.6 is 11.3 Å². The first-order chi connectivity index (χ1) is 9.69. The van der Waals surface area contributed by atoms with E-state index in [1.54, 1.807) is 6.07 Å². The first kappa shape index (κ1) is 14.2. The van der Waals surface area contributed by atoms with Gasteiger partial charge >= 0.3 is 0 Å². The summed E-state index contributed by atoms with van der Waals surface area (Å²) in [6, 6.07) is 1.72. The Morgan fingerprint density at radius 2 is 2.25 bits per heavy atom. The van der Waals surface area contributed by atoms with Crippen LogP contribution in [0.15, 0.2) is 17.5 Å². The van der Waals surface area contributed by atoms with Gasteiger partial charge in [-0.15, -0.1) is 11.3 Å². The molecule has 106 valence electrons. The molecule has 0 atom stereocenters. The van der Waals surface area contributed by atoms with Crippen LogP contribution in [0.3, 0.4) is 0 Å². The fraction of sp³-hybridized carbons (Fsp3) is 0.333. The predicted octanol–water partition coefficient (Wildman–Crippen LogP) is 1.66. The third kappa shape index (κ3) is 2.85. The number of hydrogen-bond donors (Lipinski definition) is 2. The molecule has 0 amide bonds. The van der Waals surface area contributed by atoms with E-state index in [0.717, 1.165) is 5.69 Å². The first-order valence-corrected chi connectivity index (χ1v) is 6.94. The number of nitrogens with zero attached hydrogens (tertiary/aromatic N) is 4. The van der Waals surface area contributed by atoms with Crippen LogP contribution in [0.4, 0.5) is 0 Å². The summed E-state index contributed by atoms with van der Waals surface area (Å²) in [6.45, 7) is 4.37. The zero-order valence-electron chi connectivity index (χ0n) is 11.2. The Morgan fingerprint density at radius 3 is 2.90 bits per heavy atom. The van der Waals surface area contributed by atoms with Crippen LogP contribution in [-0.4, -0.2) is 32.6 Å². The van der Waals surface area contributed by atoms with Crippen molar-refractivity contribution in [2.24, 2.45) is 10.9 Å². The van der Waals surface area contributed by atoms with E-state index >= 15 is 0 Å². The highest BCUT2D eigenvalue weighted by atomic mass is 32.1. The lowest BCUT2D eigenvalue weighted by molar-refractivity contribution is 0.318. The minimum Gasteiger partial charge on any atom is -0.478 e. The summed E-state index contributed by atoms with van der Waals surface area (Å²) in [4.78, 5) is 13.3. The molecule has 0 saturated carbocycles. The minimum absolute atomic E-state index is 0.0599. The van der Waals surface area contributed by atoms with E-state index in [1.165, 1.54) is 17.7 Å². The number of amidine groups is 1. The molecule has 3 N–H and O–H groups in total. The Balaban J connectivity index is 2.43. The highest BCUT2D eigenvalue weighted by molar-refractivity contribution is 7.17. The number of rotatable bonds is 5. The van der Waals surface area contributed by atoms with Crippen molar-refractivity contribution < 1.29 is 9.94 Å². The van der Waals surface area contributed by atoms with Crippen molar-refractivity contribution in [1.82, 2.24) is 15.0 Å². The molecule has 2 rings (SSSR count). The van der Waals surface area contributed by atoms with Crippen molar-refractivity contribution >= 4 is 17.2 Å². The molecule has 0 unspecified atom stereocenters. The SMILES string of the molecule is CCOc1cc(-c2nc(CC)c(/C(N)=N/O)s2)ncn1. The van der Waals surface area contributed by atoms with Gasteiger partial charge in [-0.3, -0.25) is 0 Å². The quantitative estimate of drug-likeness (QED) is 0.376. The minimum atomic E-state index is 0.0599. The highest BCUT2D eigenvalue weighted by Crippen LogP contribution is 2.28. The summed E-state index contributed by atoms with van der Waals surface area (Å²) < 4.78 is 5.34. The standard InChI is InChI=1S/C12H15N5O2S/c1-3-7-10(11(13)17-18)20-12(16-7)8-5-9(19-4-2)15-6-14-8/h5-6,18H,3-4H2,1-2H3,(H2,13,17). The van der Waals surface area contributed by atoms with Gasteiger partial charge in [0.25, 0.3) is 0 Å². The highest BCUT2D eigenvalue weighted by Gasteiger charge is 2.16. The Morgan fingerprint density at radius 1 is 1.45 bits per heavy atom. The van der Waals surface area contributed by atoms with Gasteiger partial charge in [-0.05, 0) is 13.3 Å². The molecule has 2 heterocycles. The van der Waals surface area contributed by atoms with E-state index in [4.69, 9.17) is 15.7 Å². The van der Waals surface area contributed by atoms with Gasteiger partial charge in [0.2, 0.25) is 5.88 Å². The maximum Gasteiger partial charge on any atom is 0.216 e. The summed E-state index contributed by atoms with van der Waals surface area (Å²) in [6.07, 6.45) is 2.11. The molecular formula is C12H15N5O2S.